The van der Waals surface area contributed by atoms with Gasteiger partial charge < -0.3 is 4.74 Å². The summed E-state index contributed by atoms with van der Waals surface area (Å²) in [5, 5.41) is 0. The number of allylic oxidation sites excluding steroid dienone is 2. The largest absolute Gasteiger partial charge is 0.466 e. The molecule has 0 amide bonds. The Bertz CT molecular complexity index is 330. The quantitative estimate of drug-likeness (QED) is 0.673. The summed E-state index contributed by atoms with van der Waals surface area (Å²) in [6.45, 7) is 2.20. The zero-order chi connectivity index (χ0) is 11.5. The van der Waals surface area contributed by atoms with Crippen LogP contribution in [0.3, 0.4) is 0 Å². The molecule has 2 unspecified atom stereocenters. The van der Waals surface area contributed by atoms with Gasteiger partial charge in [-0.3, -0.25) is 9.59 Å². The van der Waals surface area contributed by atoms with Crippen molar-refractivity contribution in [1.29, 1.82) is 0 Å². The summed E-state index contributed by atoms with van der Waals surface area (Å²) in [4.78, 5) is 23.3. The van der Waals surface area contributed by atoms with Crippen molar-refractivity contribution >= 4 is 11.8 Å². The Labute approximate surface area is 95.9 Å². The Balaban J connectivity index is 2.16. The maximum Gasteiger partial charge on any atom is 0.309 e. The first-order valence-electron chi connectivity index (χ1n) is 6.12. The van der Waals surface area contributed by atoms with E-state index in [0.29, 0.717) is 13.0 Å². The predicted octanol–water partition coefficient (Wildman–Crippen LogP) is 2.26. The summed E-state index contributed by atoms with van der Waals surface area (Å²) in [5.41, 5.74) is 1.18. The Hall–Kier alpha value is -1.12. The van der Waals surface area contributed by atoms with E-state index in [1.165, 1.54) is 5.57 Å². The van der Waals surface area contributed by atoms with Gasteiger partial charge in [0.1, 0.15) is 0 Å². The van der Waals surface area contributed by atoms with Crippen LogP contribution in [0.4, 0.5) is 0 Å². The molecule has 1 saturated carbocycles. The number of esters is 1. The van der Waals surface area contributed by atoms with Gasteiger partial charge >= 0.3 is 5.97 Å². The first-order chi connectivity index (χ1) is 7.72. The molecule has 16 heavy (non-hydrogen) atoms. The number of ketones is 1. The Morgan fingerprint density at radius 2 is 2.31 bits per heavy atom. The van der Waals surface area contributed by atoms with Gasteiger partial charge in [0.2, 0.25) is 0 Å². The minimum absolute atomic E-state index is 0.0891. The van der Waals surface area contributed by atoms with Gasteiger partial charge in [0.25, 0.3) is 0 Å². The fraction of sp³-hybridized carbons (Fsp3) is 0.692. The molecule has 2 rings (SSSR count). The lowest BCUT2D eigenvalue weighted by atomic mass is 9.71. The standard InChI is InChI=1S/C13H18O3/c1-2-16-13(15)12-8-10(14)7-9-5-3-4-6-11(9)12/h7,11-12H,2-6,8H2,1H3. The van der Waals surface area contributed by atoms with Crippen molar-refractivity contribution in [2.24, 2.45) is 11.8 Å². The van der Waals surface area contributed by atoms with Gasteiger partial charge in [-0.2, -0.15) is 0 Å². The summed E-state index contributed by atoms with van der Waals surface area (Å²) >= 11 is 0. The highest BCUT2D eigenvalue weighted by atomic mass is 16.5. The smallest absolute Gasteiger partial charge is 0.309 e. The zero-order valence-electron chi connectivity index (χ0n) is 9.70. The van der Waals surface area contributed by atoms with Crippen LogP contribution in [0.5, 0.6) is 0 Å². The third kappa shape index (κ3) is 2.18. The molecule has 3 heteroatoms. The van der Waals surface area contributed by atoms with Gasteiger partial charge in [-0.25, -0.2) is 0 Å². The van der Waals surface area contributed by atoms with E-state index in [2.05, 4.69) is 0 Å². The van der Waals surface area contributed by atoms with Crippen LogP contribution in [0.2, 0.25) is 0 Å². The van der Waals surface area contributed by atoms with Crippen molar-refractivity contribution in [2.75, 3.05) is 6.61 Å². The van der Waals surface area contributed by atoms with Crippen molar-refractivity contribution in [3.05, 3.63) is 11.6 Å². The first-order valence-corrected chi connectivity index (χ1v) is 6.12. The first kappa shape index (κ1) is 11.4. The molecular formula is C13H18O3. The number of hydrogen-bond donors (Lipinski definition) is 0. The molecule has 0 spiro atoms. The second kappa shape index (κ2) is 4.81. The van der Waals surface area contributed by atoms with Crippen molar-refractivity contribution < 1.29 is 14.3 Å². The van der Waals surface area contributed by atoms with Crippen LogP contribution < -0.4 is 0 Å². The molecule has 1 fully saturated rings. The summed E-state index contributed by atoms with van der Waals surface area (Å²) in [5.74, 6) is -0.0437. The molecule has 0 aromatic heterocycles. The third-order valence-electron chi connectivity index (χ3n) is 3.55. The van der Waals surface area contributed by atoms with E-state index in [4.69, 9.17) is 4.74 Å². The second-order valence-electron chi connectivity index (χ2n) is 4.60. The molecule has 0 aromatic carbocycles. The molecule has 2 aliphatic carbocycles. The fourth-order valence-electron chi connectivity index (χ4n) is 2.82. The Morgan fingerprint density at radius 1 is 1.50 bits per heavy atom. The lowest BCUT2D eigenvalue weighted by Crippen LogP contribution is -2.34. The van der Waals surface area contributed by atoms with E-state index >= 15 is 0 Å². The van der Waals surface area contributed by atoms with E-state index in [1.807, 2.05) is 0 Å². The van der Waals surface area contributed by atoms with Crippen molar-refractivity contribution in [1.82, 2.24) is 0 Å². The minimum Gasteiger partial charge on any atom is -0.466 e. The van der Waals surface area contributed by atoms with Gasteiger partial charge in [-0.1, -0.05) is 12.0 Å². The van der Waals surface area contributed by atoms with Crippen LogP contribution in [0, 0.1) is 11.8 Å². The average Bonchev–Trinajstić information content (AvgIpc) is 2.28. The number of ether oxygens (including phenoxy) is 1. The second-order valence-corrected chi connectivity index (χ2v) is 4.60. The molecule has 2 atom stereocenters. The van der Waals surface area contributed by atoms with Crippen LogP contribution in [-0.2, 0) is 14.3 Å². The van der Waals surface area contributed by atoms with Crippen molar-refractivity contribution in [3.8, 4) is 0 Å². The molecule has 0 bridgehead atoms. The molecule has 0 aromatic rings. The van der Waals surface area contributed by atoms with E-state index < -0.39 is 0 Å². The molecule has 2 aliphatic rings. The molecule has 0 radical (unpaired) electrons. The van der Waals surface area contributed by atoms with Crippen LogP contribution in [-0.4, -0.2) is 18.4 Å². The van der Waals surface area contributed by atoms with Gasteiger partial charge in [0.05, 0.1) is 12.5 Å². The summed E-state index contributed by atoms with van der Waals surface area (Å²) < 4.78 is 5.06. The Morgan fingerprint density at radius 3 is 3.06 bits per heavy atom. The highest BCUT2D eigenvalue weighted by Crippen LogP contribution is 2.39. The number of rotatable bonds is 2. The van der Waals surface area contributed by atoms with Crippen LogP contribution in [0.15, 0.2) is 11.6 Å². The van der Waals surface area contributed by atoms with Gasteiger partial charge in [-0.05, 0) is 38.2 Å². The molecule has 0 heterocycles. The predicted molar refractivity (Wildman–Crippen MR) is 59.8 cm³/mol. The third-order valence-corrected chi connectivity index (χ3v) is 3.55. The molecule has 0 N–H and O–H groups in total. The van der Waals surface area contributed by atoms with Crippen LogP contribution >= 0.6 is 0 Å². The molecule has 0 aliphatic heterocycles. The number of carbonyl (C=O) groups excluding carboxylic acids is 2. The Kier molecular flexibility index (Phi) is 3.42. The normalized spacial score (nSPS) is 29.3. The maximum absolute atomic E-state index is 11.8. The van der Waals surface area contributed by atoms with E-state index in [-0.39, 0.29) is 23.6 Å². The lowest BCUT2D eigenvalue weighted by Gasteiger charge is -2.33. The monoisotopic (exact) mass is 222 g/mol. The lowest BCUT2D eigenvalue weighted by molar-refractivity contribution is -0.151. The van der Waals surface area contributed by atoms with Crippen molar-refractivity contribution in [3.63, 3.8) is 0 Å². The number of fused-ring (bicyclic) bond motifs is 1. The average molecular weight is 222 g/mol. The summed E-state index contributed by atoms with van der Waals surface area (Å²) in [6.07, 6.45) is 6.42. The molecular weight excluding hydrogens is 204 g/mol. The minimum atomic E-state index is -0.215. The number of carbonyl (C=O) groups is 2. The highest BCUT2D eigenvalue weighted by Gasteiger charge is 2.37. The SMILES string of the molecule is CCOC(=O)C1CC(=O)C=C2CCCCC21. The van der Waals surface area contributed by atoms with E-state index in [9.17, 15) is 9.59 Å². The zero-order valence-corrected chi connectivity index (χ0v) is 9.70. The van der Waals surface area contributed by atoms with Crippen LogP contribution in [0.25, 0.3) is 0 Å². The number of hydrogen-bond acceptors (Lipinski definition) is 3. The van der Waals surface area contributed by atoms with E-state index in [0.717, 1.165) is 25.7 Å². The molecule has 88 valence electrons. The topological polar surface area (TPSA) is 43.4 Å². The fourth-order valence-corrected chi connectivity index (χ4v) is 2.82. The van der Waals surface area contributed by atoms with Gasteiger partial charge in [0.15, 0.2) is 5.78 Å². The van der Waals surface area contributed by atoms with Gasteiger partial charge in [-0.15, -0.1) is 0 Å². The summed E-state index contributed by atoms with van der Waals surface area (Å²) in [6, 6.07) is 0. The van der Waals surface area contributed by atoms with E-state index in [1.54, 1.807) is 13.0 Å². The van der Waals surface area contributed by atoms with Gasteiger partial charge in [0, 0.05) is 6.42 Å². The molecule has 0 saturated heterocycles. The molecule has 3 nitrogen and oxygen atoms in total. The van der Waals surface area contributed by atoms with Crippen LogP contribution in [0.1, 0.15) is 39.0 Å². The highest BCUT2D eigenvalue weighted by molar-refractivity contribution is 5.95. The summed E-state index contributed by atoms with van der Waals surface area (Å²) in [7, 11) is 0. The maximum atomic E-state index is 11.8. The van der Waals surface area contributed by atoms with Crippen molar-refractivity contribution in [2.45, 2.75) is 39.0 Å².